The molecule has 0 amide bonds. The summed E-state index contributed by atoms with van der Waals surface area (Å²) >= 11 is 6.13. The Morgan fingerprint density at radius 1 is 1.26 bits per heavy atom. The van der Waals surface area contributed by atoms with Crippen molar-refractivity contribution >= 4 is 17.3 Å². The van der Waals surface area contributed by atoms with Crippen molar-refractivity contribution in [3.8, 4) is 11.1 Å². The van der Waals surface area contributed by atoms with E-state index in [0.717, 1.165) is 16.8 Å². The molecule has 0 aliphatic heterocycles. The molecule has 100 valence electrons. The first kappa shape index (κ1) is 13.8. The van der Waals surface area contributed by atoms with Crippen molar-refractivity contribution in [3.63, 3.8) is 0 Å². The molecule has 0 spiro atoms. The summed E-state index contributed by atoms with van der Waals surface area (Å²) < 4.78 is 13.0. The first-order valence-corrected chi connectivity index (χ1v) is 6.23. The van der Waals surface area contributed by atoms with E-state index in [-0.39, 0.29) is 12.4 Å². The maximum atomic E-state index is 13.0. The number of benzene rings is 1. The third kappa shape index (κ3) is 3.03. The van der Waals surface area contributed by atoms with Gasteiger partial charge in [0.05, 0.1) is 12.3 Å². The highest BCUT2D eigenvalue weighted by atomic mass is 35.5. The summed E-state index contributed by atoms with van der Waals surface area (Å²) in [5, 5.41) is 9.39. The van der Waals surface area contributed by atoms with Crippen LogP contribution in [0.1, 0.15) is 0 Å². The molecule has 0 aliphatic rings. The van der Waals surface area contributed by atoms with Crippen LogP contribution in [0.3, 0.4) is 0 Å². The lowest BCUT2D eigenvalue weighted by molar-refractivity contribution is 0.304. The maximum Gasteiger partial charge on any atom is 0.152 e. The number of nitrogens with zero attached hydrogens (tertiary/aromatic N) is 2. The lowest BCUT2D eigenvalue weighted by atomic mass is 10.0. The molecule has 0 atom stereocenters. The topological polar surface area (TPSA) is 36.4 Å². The van der Waals surface area contributed by atoms with Gasteiger partial charge >= 0.3 is 0 Å². The monoisotopic (exact) mass is 280 g/mol. The van der Waals surface area contributed by atoms with Crippen molar-refractivity contribution in [3.05, 3.63) is 47.5 Å². The van der Waals surface area contributed by atoms with Gasteiger partial charge in [0.1, 0.15) is 5.82 Å². The molecule has 0 fully saturated rings. The Balaban J connectivity index is 2.50. The zero-order chi connectivity index (χ0) is 13.8. The Bertz CT molecular complexity index is 560. The molecule has 1 aromatic carbocycles. The van der Waals surface area contributed by atoms with E-state index in [0.29, 0.717) is 11.7 Å². The first-order valence-electron chi connectivity index (χ1n) is 5.86. The van der Waals surface area contributed by atoms with Gasteiger partial charge in [0, 0.05) is 25.4 Å². The van der Waals surface area contributed by atoms with Gasteiger partial charge in [-0.2, -0.15) is 0 Å². The molecule has 5 heteroatoms. The summed E-state index contributed by atoms with van der Waals surface area (Å²) in [6.07, 6.45) is 1.61. The SMILES string of the molecule is CN(CCO)c1c(-c2ccc(F)cc2)ccnc1Cl. The van der Waals surface area contributed by atoms with E-state index in [4.69, 9.17) is 16.7 Å². The summed E-state index contributed by atoms with van der Waals surface area (Å²) in [5.41, 5.74) is 2.44. The number of likely N-dealkylation sites (N-methyl/N-ethyl adjacent to an activating group) is 1. The van der Waals surface area contributed by atoms with Crippen LogP contribution < -0.4 is 4.90 Å². The number of halogens is 2. The van der Waals surface area contributed by atoms with E-state index >= 15 is 0 Å². The Labute approximate surface area is 116 Å². The number of hydrogen-bond acceptors (Lipinski definition) is 3. The smallest absolute Gasteiger partial charge is 0.152 e. The molecule has 0 bridgehead atoms. The maximum absolute atomic E-state index is 13.0. The van der Waals surface area contributed by atoms with Crippen molar-refractivity contribution in [2.24, 2.45) is 0 Å². The fraction of sp³-hybridized carbons (Fsp3) is 0.214. The van der Waals surface area contributed by atoms with Crippen molar-refractivity contribution < 1.29 is 9.50 Å². The van der Waals surface area contributed by atoms with Crippen LogP contribution in [-0.4, -0.2) is 30.3 Å². The van der Waals surface area contributed by atoms with E-state index in [2.05, 4.69) is 4.98 Å². The standard InChI is InChI=1S/C14H14ClFN2O/c1-18(8-9-19)13-12(6-7-17-14(13)15)10-2-4-11(16)5-3-10/h2-7,19H,8-9H2,1H3. The van der Waals surface area contributed by atoms with Gasteiger partial charge in [-0.15, -0.1) is 0 Å². The number of aliphatic hydroxyl groups excluding tert-OH is 1. The number of aliphatic hydroxyl groups is 1. The number of pyridine rings is 1. The molecule has 19 heavy (non-hydrogen) atoms. The Morgan fingerprint density at radius 2 is 1.95 bits per heavy atom. The van der Waals surface area contributed by atoms with E-state index in [1.807, 2.05) is 18.0 Å². The number of rotatable bonds is 4. The van der Waals surface area contributed by atoms with E-state index in [1.54, 1.807) is 18.3 Å². The molecule has 1 aromatic heterocycles. The fourth-order valence-electron chi connectivity index (χ4n) is 1.92. The van der Waals surface area contributed by atoms with Crippen LogP contribution in [0.5, 0.6) is 0 Å². The second-order valence-corrected chi connectivity index (χ2v) is 4.51. The molecule has 3 nitrogen and oxygen atoms in total. The lowest BCUT2D eigenvalue weighted by Crippen LogP contribution is -2.22. The van der Waals surface area contributed by atoms with Crippen LogP contribution in [0.4, 0.5) is 10.1 Å². The van der Waals surface area contributed by atoms with Gasteiger partial charge in [-0.05, 0) is 23.8 Å². The molecule has 0 aliphatic carbocycles. The van der Waals surface area contributed by atoms with Crippen molar-refractivity contribution in [2.45, 2.75) is 0 Å². The molecule has 1 N–H and O–H groups in total. The van der Waals surface area contributed by atoms with Crippen LogP contribution in [0.25, 0.3) is 11.1 Å². The zero-order valence-electron chi connectivity index (χ0n) is 10.5. The van der Waals surface area contributed by atoms with Gasteiger partial charge < -0.3 is 10.0 Å². The highest BCUT2D eigenvalue weighted by Crippen LogP contribution is 2.34. The van der Waals surface area contributed by atoms with Crippen LogP contribution in [0.2, 0.25) is 5.15 Å². The fourth-order valence-corrected chi connectivity index (χ4v) is 2.22. The summed E-state index contributed by atoms with van der Waals surface area (Å²) in [4.78, 5) is 5.88. The Morgan fingerprint density at radius 3 is 2.58 bits per heavy atom. The van der Waals surface area contributed by atoms with E-state index in [1.165, 1.54) is 12.1 Å². The molecular formula is C14H14ClFN2O. The van der Waals surface area contributed by atoms with Gasteiger partial charge in [-0.1, -0.05) is 23.7 Å². The number of anilines is 1. The third-order valence-corrected chi connectivity index (χ3v) is 3.13. The normalized spacial score (nSPS) is 10.5. The van der Waals surface area contributed by atoms with Crippen molar-refractivity contribution in [1.82, 2.24) is 4.98 Å². The van der Waals surface area contributed by atoms with Gasteiger partial charge in [0.25, 0.3) is 0 Å². The molecule has 2 aromatic rings. The highest BCUT2D eigenvalue weighted by Gasteiger charge is 2.14. The van der Waals surface area contributed by atoms with Crippen LogP contribution in [0, 0.1) is 5.82 Å². The van der Waals surface area contributed by atoms with Gasteiger partial charge in [-0.25, -0.2) is 9.37 Å². The van der Waals surface area contributed by atoms with Crippen molar-refractivity contribution in [2.75, 3.05) is 25.1 Å². The Kier molecular flexibility index (Phi) is 4.35. The predicted octanol–water partition coefficient (Wildman–Crippen LogP) is 2.97. The third-order valence-electron chi connectivity index (χ3n) is 2.85. The average Bonchev–Trinajstić information content (AvgIpc) is 2.39. The van der Waals surface area contributed by atoms with Gasteiger partial charge in [-0.3, -0.25) is 0 Å². The minimum atomic E-state index is -0.283. The summed E-state index contributed by atoms with van der Waals surface area (Å²) in [6, 6.07) is 8.01. The van der Waals surface area contributed by atoms with Crippen molar-refractivity contribution in [1.29, 1.82) is 0 Å². The van der Waals surface area contributed by atoms with Crippen LogP contribution >= 0.6 is 11.6 Å². The van der Waals surface area contributed by atoms with E-state index in [9.17, 15) is 4.39 Å². The molecule has 2 rings (SSSR count). The van der Waals surface area contributed by atoms with Gasteiger partial charge in [0.15, 0.2) is 5.15 Å². The highest BCUT2D eigenvalue weighted by molar-refractivity contribution is 6.32. The minimum Gasteiger partial charge on any atom is -0.395 e. The molecule has 0 radical (unpaired) electrons. The minimum absolute atomic E-state index is 0.0184. The van der Waals surface area contributed by atoms with Gasteiger partial charge in [0.2, 0.25) is 0 Å². The average molecular weight is 281 g/mol. The quantitative estimate of drug-likeness (QED) is 0.875. The summed E-state index contributed by atoms with van der Waals surface area (Å²) in [6.45, 7) is 0.462. The summed E-state index contributed by atoms with van der Waals surface area (Å²) in [5.74, 6) is -0.283. The number of aromatic nitrogens is 1. The molecule has 0 saturated carbocycles. The Hall–Kier alpha value is -1.65. The van der Waals surface area contributed by atoms with E-state index < -0.39 is 0 Å². The second kappa shape index (κ2) is 5.99. The zero-order valence-corrected chi connectivity index (χ0v) is 11.2. The molecular weight excluding hydrogens is 267 g/mol. The molecule has 1 heterocycles. The largest absolute Gasteiger partial charge is 0.395 e. The predicted molar refractivity (Wildman–Crippen MR) is 75.0 cm³/mol. The van der Waals surface area contributed by atoms with Crippen LogP contribution in [-0.2, 0) is 0 Å². The van der Waals surface area contributed by atoms with Crippen LogP contribution in [0.15, 0.2) is 36.5 Å². The molecule has 0 saturated heterocycles. The number of hydrogen-bond donors (Lipinski definition) is 1. The second-order valence-electron chi connectivity index (χ2n) is 4.15. The first-order chi connectivity index (χ1) is 9.13. The summed E-state index contributed by atoms with van der Waals surface area (Å²) in [7, 11) is 1.83. The molecule has 0 unspecified atom stereocenters. The lowest BCUT2D eigenvalue weighted by Gasteiger charge is -2.22.